The number of rotatable bonds is 10. The number of nitrogens with one attached hydrogen (secondary N) is 1. The summed E-state index contributed by atoms with van der Waals surface area (Å²) in [6, 6.07) is 9.94. The van der Waals surface area contributed by atoms with E-state index in [2.05, 4.69) is 29.0 Å². The van der Waals surface area contributed by atoms with Crippen molar-refractivity contribution in [2.75, 3.05) is 18.0 Å². The lowest BCUT2D eigenvalue weighted by molar-refractivity contribution is 0.0951. The van der Waals surface area contributed by atoms with Crippen molar-refractivity contribution in [1.29, 1.82) is 0 Å². The van der Waals surface area contributed by atoms with Crippen LogP contribution in [0, 0.1) is 0 Å². The lowest BCUT2D eigenvalue weighted by Gasteiger charge is -2.22. The molecule has 0 bridgehead atoms. The van der Waals surface area contributed by atoms with E-state index in [-0.39, 0.29) is 5.91 Å². The summed E-state index contributed by atoms with van der Waals surface area (Å²) >= 11 is 7.80. The summed E-state index contributed by atoms with van der Waals surface area (Å²) < 4.78 is 0. The average Bonchev–Trinajstić information content (AvgIpc) is 3.50. The van der Waals surface area contributed by atoms with Gasteiger partial charge < -0.3 is 10.2 Å². The van der Waals surface area contributed by atoms with Gasteiger partial charge in [0.2, 0.25) is 0 Å². The second-order valence-corrected chi connectivity index (χ2v) is 8.38. The number of anilines is 1. The predicted molar refractivity (Wildman–Crippen MR) is 116 cm³/mol. The van der Waals surface area contributed by atoms with Gasteiger partial charge in [0, 0.05) is 36.5 Å². The third-order valence-corrected chi connectivity index (χ3v) is 5.58. The van der Waals surface area contributed by atoms with Crippen LogP contribution in [-0.4, -0.2) is 35.0 Å². The monoisotopic (exact) mass is 418 g/mol. The van der Waals surface area contributed by atoms with Crippen LogP contribution in [0.4, 0.5) is 5.82 Å². The quantitative estimate of drug-likeness (QED) is 0.336. The van der Waals surface area contributed by atoms with Gasteiger partial charge >= 0.3 is 0 Å². The van der Waals surface area contributed by atoms with Crippen molar-refractivity contribution < 1.29 is 4.79 Å². The number of amides is 1. The predicted octanol–water partition coefficient (Wildman–Crippen LogP) is 4.94. The highest BCUT2D eigenvalue weighted by molar-refractivity contribution is 7.98. The van der Waals surface area contributed by atoms with Gasteiger partial charge in [0.25, 0.3) is 5.91 Å². The molecule has 1 aliphatic carbocycles. The Morgan fingerprint density at radius 3 is 2.46 bits per heavy atom. The summed E-state index contributed by atoms with van der Waals surface area (Å²) in [5.41, 5.74) is 1.83. The van der Waals surface area contributed by atoms with Gasteiger partial charge in [-0.2, -0.15) is 0 Å². The molecule has 1 amide bonds. The Morgan fingerprint density at radius 2 is 1.86 bits per heavy atom. The van der Waals surface area contributed by atoms with Crippen LogP contribution in [0.5, 0.6) is 0 Å². The molecule has 0 atom stereocenters. The topological polar surface area (TPSA) is 58.1 Å². The highest BCUT2D eigenvalue weighted by Crippen LogP contribution is 2.25. The first-order chi connectivity index (χ1) is 13.6. The number of hydrogen-bond acceptors (Lipinski definition) is 5. The van der Waals surface area contributed by atoms with Crippen LogP contribution in [0.15, 0.2) is 35.5 Å². The maximum Gasteiger partial charge on any atom is 0.251 e. The zero-order valence-electron chi connectivity index (χ0n) is 16.4. The van der Waals surface area contributed by atoms with Gasteiger partial charge in [-0.15, -0.1) is 0 Å². The molecule has 0 spiro atoms. The Kier molecular flexibility index (Phi) is 7.57. The molecule has 5 nitrogen and oxygen atoms in total. The lowest BCUT2D eigenvalue weighted by Crippen LogP contribution is -2.26. The van der Waals surface area contributed by atoms with Gasteiger partial charge in [0.15, 0.2) is 5.16 Å². The van der Waals surface area contributed by atoms with E-state index in [1.807, 2.05) is 30.3 Å². The van der Waals surface area contributed by atoms with E-state index in [4.69, 9.17) is 16.6 Å². The summed E-state index contributed by atoms with van der Waals surface area (Å²) in [6.07, 6.45) is 4.31. The number of thioether (sulfide) groups is 1. The minimum Gasteiger partial charge on any atom is -0.356 e. The number of carbonyl (C=O) groups is 1. The van der Waals surface area contributed by atoms with Crippen molar-refractivity contribution in [1.82, 2.24) is 15.3 Å². The summed E-state index contributed by atoms with van der Waals surface area (Å²) in [5.74, 6) is 1.63. The fourth-order valence-corrected chi connectivity index (χ4v) is 3.93. The number of carbonyl (C=O) groups excluding carboxylic acids is 1. The Balaban J connectivity index is 1.62. The first kappa shape index (κ1) is 20.9. The number of nitrogens with zero attached hydrogens (tertiary/aromatic N) is 3. The van der Waals surface area contributed by atoms with Crippen molar-refractivity contribution in [3.63, 3.8) is 0 Å². The van der Waals surface area contributed by atoms with Gasteiger partial charge in [-0.3, -0.25) is 4.79 Å². The largest absolute Gasteiger partial charge is 0.356 e. The van der Waals surface area contributed by atoms with E-state index in [1.165, 1.54) is 0 Å². The van der Waals surface area contributed by atoms with E-state index in [9.17, 15) is 4.79 Å². The molecule has 1 fully saturated rings. The maximum atomic E-state index is 12.1. The zero-order chi connectivity index (χ0) is 19.9. The number of hydrogen-bond donors (Lipinski definition) is 1. The molecule has 2 aromatic rings. The van der Waals surface area contributed by atoms with Crippen LogP contribution < -0.4 is 10.2 Å². The second-order valence-electron chi connectivity index (χ2n) is 7.05. The van der Waals surface area contributed by atoms with Gasteiger partial charge in [-0.1, -0.05) is 49.3 Å². The molecule has 1 aromatic heterocycles. The molecular weight excluding hydrogens is 392 g/mol. The van der Waals surface area contributed by atoms with Crippen molar-refractivity contribution in [3.8, 4) is 0 Å². The SMILES string of the molecule is CCCN(CCC)c1cc(Cl)nc(SCc2ccc(C(=O)NC3CC3)cc2)n1. The van der Waals surface area contributed by atoms with Gasteiger partial charge in [-0.05, 0) is 43.4 Å². The maximum absolute atomic E-state index is 12.1. The molecule has 1 aromatic carbocycles. The summed E-state index contributed by atoms with van der Waals surface area (Å²) in [6.45, 7) is 6.23. The van der Waals surface area contributed by atoms with E-state index in [0.717, 1.165) is 55.9 Å². The number of benzene rings is 1. The van der Waals surface area contributed by atoms with Gasteiger partial charge in [0.05, 0.1) is 0 Å². The molecule has 7 heteroatoms. The lowest BCUT2D eigenvalue weighted by atomic mass is 10.1. The van der Waals surface area contributed by atoms with Crippen molar-refractivity contribution in [2.24, 2.45) is 0 Å². The molecule has 1 heterocycles. The molecule has 150 valence electrons. The van der Waals surface area contributed by atoms with Crippen LogP contribution in [0.25, 0.3) is 0 Å². The zero-order valence-corrected chi connectivity index (χ0v) is 18.0. The molecule has 0 unspecified atom stereocenters. The van der Waals surface area contributed by atoms with Crippen molar-refractivity contribution >= 4 is 35.1 Å². The normalized spacial score (nSPS) is 13.4. The van der Waals surface area contributed by atoms with Gasteiger partial charge in [0.1, 0.15) is 11.0 Å². The second kappa shape index (κ2) is 10.1. The molecule has 0 saturated heterocycles. The van der Waals surface area contributed by atoms with Crippen LogP contribution in [0.1, 0.15) is 55.5 Å². The minimum absolute atomic E-state index is 0.0106. The molecule has 28 heavy (non-hydrogen) atoms. The Labute approximate surface area is 176 Å². The van der Waals surface area contributed by atoms with Crippen LogP contribution >= 0.6 is 23.4 Å². The van der Waals surface area contributed by atoms with E-state index >= 15 is 0 Å². The van der Waals surface area contributed by atoms with Crippen LogP contribution in [0.3, 0.4) is 0 Å². The summed E-state index contributed by atoms with van der Waals surface area (Å²) in [5, 5.41) is 4.15. The first-order valence-electron chi connectivity index (χ1n) is 9.91. The molecule has 1 saturated carbocycles. The van der Waals surface area contributed by atoms with Crippen LogP contribution in [-0.2, 0) is 5.75 Å². The highest BCUT2D eigenvalue weighted by Gasteiger charge is 2.23. The third-order valence-electron chi connectivity index (χ3n) is 4.47. The van der Waals surface area contributed by atoms with Crippen LogP contribution in [0.2, 0.25) is 5.15 Å². The average molecular weight is 419 g/mol. The highest BCUT2D eigenvalue weighted by atomic mass is 35.5. The summed E-state index contributed by atoms with van der Waals surface area (Å²) in [7, 11) is 0. The Hall–Kier alpha value is -1.79. The summed E-state index contributed by atoms with van der Waals surface area (Å²) in [4.78, 5) is 23.4. The molecule has 0 radical (unpaired) electrons. The first-order valence-corrected chi connectivity index (χ1v) is 11.3. The smallest absolute Gasteiger partial charge is 0.251 e. The Bertz CT molecular complexity index is 789. The van der Waals surface area contributed by atoms with E-state index in [1.54, 1.807) is 11.8 Å². The third kappa shape index (κ3) is 6.11. The Morgan fingerprint density at radius 1 is 1.18 bits per heavy atom. The molecular formula is C21H27ClN4OS. The molecule has 0 aliphatic heterocycles. The minimum atomic E-state index is 0.0106. The molecule has 1 aliphatic rings. The van der Waals surface area contributed by atoms with E-state index in [0.29, 0.717) is 21.9 Å². The molecule has 1 N–H and O–H groups in total. The number of halogens is 1. The van der Waals surface area contributed by atoms with Gasteiger partial charge in [-0.25, -0.2) is 9.97 Å². The molecule has 3 rings (SSSR count). The standard InChI is InChI=1S/C21H27ClN4OS/c1-3-11-26(12-4-2)19-13-18(22)24-21(25-19)28-14-15-5-7-16(8-6-15)20(27)23-17-9-10-17/h5-8,13,17H,3-4,9-12,14H2,1-2H3,(H,23,27). The number of aromatic nitrogens is 2. The fraction of sp³-hybridized carbons (Fsp3) is 0.476. The van der Waals surface area contributed by atoms with Crippen molar-refractivity contribution in [2.45, 2.75) is 56.5 Å². The van der Waals surface area contributed by atoms with Crippen molar-refractivity contribution in [3.05, 3.63) is 46.6 Å². The fourth-order valence-electron chi connectivity index (χ4n) is 2.89. The van der Waals surface area contributed by atoms with E-state index < -0.39 is 0 Å².